The van der Waals surface area contributed by atoms with E-state index in [2.05, 4.69) is 98.8 Å². The highest BCUT2D eigenvalue weighted by Gasteiger charge is 2.24. The maximum atomic E-state index is 15.1. The Hall–Kier alpha value is -3.45. The molecule has 4 aromatic carbocycles. The van der Waals surface area contributed by atoms with Gasteiger partial charge in [-0.3, -0.25) is 0 Å². The molecule has 0 saturated heterocycles. The highest BCUT2D eigenvalue weighted by molar-refractivity contribution is 5.72. The average Bonchev–Trinajstić information content (AvgIpc) is 2.98. The quantitative estimate of drug-likeness (QED) is 0.194. The highest BCUT2D eigenvalue weighted by atomic mass is 19.1. The Morgan fingerprint density at radius 2 is 1.44 bits per heavy atom. The van der Waals surface area contributed by atoms with Gasteiger partial charge in [-0.15, -0.1) is 0 Å². The summed E-state index contributed by atoms with van der Waals surface area (Å²) in [6.45, 7) is 4.56. The first-order valence-corrected chi connectivity index (χ1v) is 14.8. The van der Waals surface area contributed by atoms with Gasteiger partial charge in [0.2, 0.25) is 0 Å². The molecule has 0 radical (unpaired) electrons. The van der Waals surface area contributed by atoms with Gasteiger partial charge in [0.05, 0.1) is 0 Å². The van der Waals surface area contributed by atoms with E-state index >= 15 is 4.39 Å². The molecule has 0 bridgehead atoms. The molecule has 1 fully saturated rings. The Kier molecular flexibility index (Phi) is 9.09. The van der Waals surface area contributed by atoms with E-state index in [1.807, 2.05) is 18.2 Å². The summed E-state index contributed by atoms with van der Waals surface area (Å²) in [7, 11) is 0. The lowest BCUT2D eigenvalue weighted by atomic mass is 9.75. The van der Waals surface area contributed by atoms with E-state index in [1.54, 1.807) is 6.07 Å². The number of aryl methyl sites for hydroxylation is 1. The SMILES string of the molecule is CCCc1ccc(-c2ccc(C=Cc3ccc(C4CCC(C[C@@H](C)c5ccccc5)CC4)cc3F)cc2)cc1. The molecule has 0 spiro atoms. The first-order chi connectivity index (χ1) is 19.1. The summed E-state index contributed by atoms with van der Waals surface area (Å²) >= 11 is 0. The van der Waals surface area contributed by atoms with Crippen LogP contribution in [0.3, 0.4) is 0 Å². The zero-order valence-electron chi connectivity index (χ0n) is 23.5. The first kappa shape index (κ1) is 27.1. The van der Waals surface area contributed by atoms with Crippen molar-refractivity contribution in [1.29, 1.82) is 0 Å². The van der Waals surface area contributed by atoms with Gasteiger partial charge in [0.1, 0.15) is 5.82 Å². The lowest BCUT2D eigenvalue weighted by Gasteiger charge is -2.30. The summed E-state index contributed by atoms with van der Waals surface area (Å²) in [5.41, 5.74) is 8.15. The molecule has 0 aromatic heterocycles. The zero-order valence-corrected chi connectivity index (χ0v) is 23.5. The monoisotopic (exact) mass is 516 g/mol. The van der Waals surface area contributed by atoms with Crippen molar-refractivity contribution >= 4 is 12.2 Å². The van der Waals surface area contributed by atoms with E-state index < -0.39 is 0 Å². The molecular formula is C38H41F. The molecule has 1 atom stereocenters. The molecule has 1 saturated carbocycles. The largest absolute Gasteiger partial charge is 0.206 e. The normalized spacial score (nSPS) is 18.3. The molecule has 0 nitrogen and oxygen atoms in total. The van der Waals surface area contributed by atoms with Crippen molar-refractivity contribution in [2.24, 2.45) is 5.92 Å². The van der Waals surface area contributed by atoms with Crippen molar-refractivity contribution < 1.29 is 4.39 Å². The minimum atomic E-state index is -0.118. The molecule has 0 unspecified atom stereocenters. The van der Waals surface area contributed by atoms with Crippen LogP contribution in [0.5, 0.6) is 0 Å². The predicted molar refractivity (Wildman–Crippen MR) is 165 cm³/mol. The van der Waals surface area contributed by atoms with E-state index in [0.717, 1.165) is 36.3 Å². The van der Waals surface area contributed by atoms with Gasteiger partial charge in [0.25, 0.3) is 0 Å². The molecule has 39 heavy (non-hydrogen) atoms. The Morgan fingerprint density at radius 3 is 2.08 bits per heavy atom. The summed E-state index contributed by atoms with van der Waals surface area (Å²) in [6.07, 6.45) is 12.2. The summed E-state index contributed by atoms with van der Waals surface area (Å²) in [5, 5.41) is 0. The molecule has 0 aliphatic heterocycles. The van der Waals surface area contributed by atoms with Gasteiger partial charge in [0.15, 0.2) is 0 Å². The van der Waals surface area contributed by atoms with Crippen LogP contribution >= 0.6 is 0 Å². The molecule has 4 aromatic rings. The van der Waals surface area contributed by atoms with Crippen LogP contribution in [-0.2, 0) is 6.42 Å². The maximum absolute atomic E-state index is 15.1. The molecule has 1 heteroatoms. The first-order valence-electron chi connectivity index (χ1n) is 14.8. The highest BCUT2D eigenvalue weighted by Crippen LogP contribution is 2.40. The number of benzene rings is 4. The van der Waals surface area contributed by atoms with Crippen molar-refractivity contribution in [1.82, 2.24) is 0 Å². The zero-order chi connectivity index (χ0) is 27.0. The predicted octanol–water partition coefficient (Wildman–Crippen LogP) is 11.1. The summed E-state index contributed by atoms with van der Waals surface area (Å²) in [4.78, 5) is 0. The molecule has 1 aliphatic carbocycles. The molecule has 200 valence electrons. The number of rotatable bonds is 9. The van der Waals surface area contributed by atoms with Gasteiger partial charge in [0, 0.05) is 5.56 Å². The Labute approximate surface area is 234 Å². The topological polar surface area (TPSA) is 0 Å². The van der Waals surface area contributed by atoms with Gasteiger partial charge < -0.3 is 0 Å². The second-order valence-electron chi connectivity index (χ2n) is 11.4. The average molecular weight is 517 g/mol. The Morgan fingerprint density at radius 1 is 0.769 bits per heavy atom. The van der Waals surface area contributed by atoms with E-state index in [0.29, 0.717) is 17.4 Å². The molecule has 0 heterocycles. The van der Waals surface area contributed by atoms with E-state index in [-0.39, 0.29) is 5.82 Å². The minimum Gasteiger partial charge on any atom is -0.206 e. The molecular weight excluding hydrogens is 475 g/mol. The van der Waals surface area contributed by atoms with Crippen molar-refractivity contribution in [2.45, 2.75) is 70.6 Å². The second kappa shape index (κ2) is 13.1. The third-order valence-corrected chi connectivity index (χ3v) is 8.59. The van der Waals surface area contributed by atoms with Crippen LogP contribution in [0.15, 0.2) is 97.1 Å². The van der Waals surface area contributed by atoms with Crippen LogP contribution in [0.25, 0.3) is 23.3 Å². The maximum Gasteiger partial charge on any atom is 0.130 e. The van der Waals surface area contributed by atoms with Crippen LogP contribution in [-0.4, -0.2) is 0 Å². The molecule has 5 rings (SSSR count). The molecule has 0 amide bonds. The summed E-state index contributed by atoms with van der Waals surface area (Å²) in [6, 6.07) is 34.1. The van der Waals surface area contributed by atoms with Crippen molar-refractivity contribution in [2.75, 3.05) is 0 Å². The smallest absolute Gasteiger partial charge is 0.130 e. The van der Waals surface area contributed by atoms with E-state index in [9.17, 15) is 0 Å². The van der Waals surface area contributed by atoms with Gasteiger partial charge in [-0.05, 0) is 95.7 Å². The van der Waals surface area contributed by atoms with E-state index in [4.69, 9.17) is 0 Å². The van der Waals surface area contributed by atoms with Crippen LogP contribution in [0, 0.1) is 11.7 Å². The summed E-state index contributed by atoms with van der Waals surface area (Å²) in [5.74, 6) is 1.73. The Balaban J connectivity index is 1.15. The molecule has 0 N–H and O–H groups in total. The Bertz CT molecular complexity index is 1340. The third kappa shape index (κ3) is 7.15. The van der Waals surface area contributed by atoms with Crippen molar-refractivity contribution in [3.8, 4) is 11.1 Å². The fourth-order valence-corrected chi connectivity index (χ4v) is 6.21. The van der Waals surface area contributed by atoms with Crippen LogP contribution in [0.2, 0.25) is 0 Å². The fourth-order valence-electron chi connectivity index (χ4n) is 6.21. The van der Waals surface area contributed by atoms with Crippen LogP contribution < -0.4 is 0 Å². The van der Waals surface area contributed by atoms with Crippen LogP contribution in [0.4, 0.5) is 4.39 Å². The minimum absolute atomic E-state index is 0.118. The van der Waals surface area contributed by atoms with Crippen molar-refractivity contribution in [3.63, 3.8) is 0 Å². The third-order valence-electron chi connectivity index (χ3n) is 8.59. The fraction of sp³-hybridized carbons (Fsp3) is 0.316. The number of hydrogen-bond donors (Lipinski definition) is 0. The number of hydrogen-bond acceptors (Lipinski definition) is 0. The second-order valence-corrected chi connectivity index (χ2v) is 11.4. The van der Waals surface area contributed by atoms with Gasteiger partial charge >= 0.3 is 0 Å². The number of halogens is 1. The van der Waals surface area contributed by atoms with E-state index in [1.165, 1.54) is 47.9 Å². The standard InChI is InChI=1S/C38H41F/c1-3-7-29-10-17-33(18-11-29)34-19-12-30(13-20-34)14-23-36-24-25-37(27-38(36)39)35-21-15-31(16-22-35)26-28(2)32-8-5-4-6-9-32/h4-6,8-14,17-20,23-25,27-28,31,35H,3,7,15-16,21-22,26H2,1-2H3/t28-,31?,35?/m1/s1. The molecule has 1 aliphatic rings. The van der Waals surface area contributed by atoms with Gasteiger partial charge in [-0.1, -0.05) is 123 Å². The van der Waals surface area contributed by atoms with Crippen molar-refractivity contribution in [3.05, 3.63) is 131 Å². The van der Waals surface area contributed by atoms with Gasteiger partial charge in [-0.25, -0.2) is 4.39 Å². The summed E-state index contributed by atoms with van der Waals surface area (Å²) < 4.78 is 15.1. The van der Waals surface area contributed by atoms with Crippen LogP contribution in [0.1, 0.15) is 92.0 Å². The van der Waals surface area contributed by atoms with Gasteiger partial charge in [-0.2, -0.15) is 0 Å². The lowest BCUT2D eigenvalue weighted by Crippen LogP contribution is -2.15. The lowest BCUT2D eigenvalue weighted by molar-refractivity contribution is 0.297.